The van der Waals surface area contributed by atoms with Crippen LogP contribution in [0.1, 0.15) is 33.2 Å². The highest BCUT2D eigenvalue weighted by atomic mass is 79.9. The molecule has 0 radical (unpaired) electrons. The monoisotopic (exact) mass is 364 g/mol. The number of esters is 1. The number of carbonyl (C=O) groups is 1. The SMILES string of the molecule is COC(=O)c1ccccc1CC[C@@H](S)c1cccc(Br)c1. The summed E-state index contributed by atoms with van der Waals surface area (Å²) < 4.78 is 5.87. The Labute approximate surface area is 139 Å². The van der Waals surface area contributed by atoms with E-state index in [-0.39, 0.29) is 11.2 Å². The van der Waals surface area contributed by atoms with Gasteiger partial charge in [-0.15, -0.1) is 0 Å². The van der Waals surface area contributed by atoms with Gasteiger partial charge in [0.15, 0.2) is 0 Å². The van der Waals surface area contributed by atoms with Gasteiger partial charge in [0, 0.05) is 9.72 Å². The number of hydrogen-bond donors (Lipinski definition) is 1. The van der Waals surface area contributed by atoms with Gasteiger partial charge in [0.05, 0.1) is 12.7 Å². The summed E-state index contributed by atoms with van der Waals surface area (Å²) in [7, 11) is 1.40. The lowest BCUT2D eigenvalue weighted by molar-refractivity contribution is 0.0599. The summed E-state index contributed by atoms with van der Waals surface area (Å²) in [6.45, 7) is 0. The van der Waals surface area contributed by atoms with Gasteiger partial charge in [0.1, 0.15) is 0 Å². The molecule has 0 saturated carbocycles. The molecular formula is C17H17BrO2S. The van der Waals surface area contributed by atoms with Crippen LogP contribution in [0, 0.1) is 0 Å². The Hall–Kier alpha value is -1.26. The first-order valence-electron chi connectivity index (χ1n) is 6.71. The molecule has 21 heavy (non-hydrogen) atoms. The molecule has 110 valence electrons. The van der Waals surface area contributed by atoms with Crippen LogP contribution in [0.3, 0.4) is 0 Å². The number of rotatable bonds is 5. The van der Waals surface area contributed by atoms with Gasteiger partial charge in [0.2, 0.25) is 0 Å². The van der Waals surface area contributed by atoms with Gasteiger partial charge < -0.3 is 4.74 Å². The average molecular weight is 365 g/mol. The van der Waals surface area contributed by atoms with Crippen LogP contribution < -0.4 is 0 Å². The molecule has 2 rings (SSSR count). The summed E-state index contributed by atoms with van der Waals surface area (Å²) in [5.41, 5.74) is 2.80. The van der Waals surface area contributed by atoms with Crippen LogP contribution in [0.25, 0.3) is 0 Å². The van der Waals surface area contributed by atoms with Crippen LogP contribution in [0.2, 0.25) is 0 Å². The number of benzene rings is 2. The zero-order chi connectivity index (χ0) is 15.2. The van der Waals surface area contributed by atoms with E-state index in [2.05, 4.69) is 40.7 Å². The number of halogens is 1. The van der Waals surface area contributed by atoms with Crippen molar-refractivity contribution in [2.45, 2.75) is 18.1 Å². The molecule has 0 aliphatic rings. The van der Waals surface area contributed by atoms with E-state index < -0.39 is 0 Å². The summed E-state index contributed by atoms with van der Waals surface area (Å²) in [6, 6.07) is 15.7. The third-order valence-corrected chi connectivity index (χ3v) is 4.39. The molecule has 0 N–H and O–H groups in total. The fraction of sp³-hybridized carbons (Fsp3) is 0.235. The number of thiol groups is 1. The van der Waals surface area contributed by atoms with Crippen LogP contribution in [0.15, 0.2) is 53.0 Å². The third-order valence-electron chi connectivity index (χ3n) is 3.34. The molecule has 2 nitrogen and oxygen atoms in total. The van der Waals surface area contributed by atoms with E-state index in [1.165, 1.54) is 12.7 Å². The lowest BCUT2D eigenvalue weighted by Crippen LogP contribution is -2.06. The Morgan fingerprint density at radius 3 is 2.71 bits per heavy atom. The lowest BCUT2D eigenvalue weighted by Gasteiger charge is -2.13. The van der Waals surface area contributed by atoms with Crippen LogP contribution in [0.4, 0.5) is 0 Å². The first-order valence-corrected chi connectivity index (χ1v) is 8.02. The standard InChI is InChI=1S/C17H17BrO2S/c1-20-17(19)15-8-3-2-5-12(15)9-10-16(21)13-6-4-7-14(18)11-13/h2-8,11,16,21H,9-10H2,1H3/t16-/m1/s1. The second-order valence-corrected chi connectivity index (χ2v) is 6.30. The summed E-state index contributed by atoms with van der Waals surface area (Å²) in [4.78, 5) is 11.7. The van der Waals surface area contributed by atoms with Crippen LogP contribution in [0.5, 0.6) is 0 Å². The number of methoxy groups -OCH3 is 1. The molecule has 0 heterocycles. The molecule has 2 aromatic carbocycles. The predicted molar refractivity (Wildman–Crippen MR) is 92.0 cm³/mol. The van der Waals surface area contributed by atoms with Crippen molar-refractivity contribution in [1.29, 1.82) is 0 Å². The molecule has 0 saturated heterocycles. The molecule has 0 amide bonds. The normalized spacial score (nSPS) is 12.0. The summed E-state index contributed by atoms with van der Waals surface area (Å²) in [5.74, 6) is -0.288. The molecule has 0 aromatic heterocycles. The minimum atomic E-state index is -0.288. The fourth-order valence-electron chi connectivity index (χ4n) is 2.22. The first kappa shape index (κ1) is 16.1. The van der Waals surface area contributed by atoms with Gasteiger partial charge in [-0.05, 0) is 42.2 Å². The molecular weight excluding hydrogens is 348 g/mol. The smallest absolute Gasteiger partial charge is 0.338 e. The lowest BCUT2D eigenvalue weighted by atomic mass is 9.99. The number of carbonyl (C=O) groups excluding carboxylic acids is 1. The summed E-state index contributed by atoms with van der Waals surface area (Å²) in [6.07, 6.45) is 1.64. The van der Waals surface area contributed by atoms with Crippen LogP contribution >= 0.6 is 28.6 Å². The molecule has 0 unspecified atom stereocenters. The molecule has 0 aliphatic carbocycles. The highest BCUT2D eigenvalue weighted by Crippen LogP contribution is 2.28. The van der Waals surface area contributed by atoms with Gasteiger partial charge >= 0.3 is 5.97 Å². The van der Waals surface area contributed by atoms with Crippen molar-refractivity contribution in [2.75, 3.05) is 7.11 Å². The van der Waals surface area contributed by atoms with Crippen molar-refractivity contribution >= 4 is 34.5 Å². The quantitative estimate of drug-likeness (QED) is 0.606. The Morgan fingerprint density at radius 2 is 2.00 bits per heavy atom. The molecule has 0 aliphatic heterocycles. The maximum Gasteiger partial charge on any atom is 0.338 e. The fourth-order valence-corrected chi connectivity index (χ4v) is 2.93. The van der Waals surface area contributed by atoms with Crippen molar-refractivity contribution in [2.24, 2.45) is 0 Å². The highest BCUT2D eigenvalue weighted by molar-refractivity contribution is 9.10. The number of ether oxygens (including phenoxy) is 1. The van der Waals surface area contributed by atoms with E-state index >= 15 is 0 Å². The Bertz CT molecular complexity index is 628. The highest BCUT2D eigenvalue weighted by Gasteiger charge is 2.13. The van der Waals surface area contributed by atoms with Crippen LogP contribution in [-0.2, 0) is 11.2 Å². The molecule has 2 aromatic rings. The topological polar surface area (TPSA) is 26.3 Å². The van der Waals surface area contributed by atoms with Gasteiger partial charge in [-0.1, -0.05) is 46.3 Å². The minimum Gasteiger partial charge on any atom is -0.465 e. The summed E-state index contributed by atoms with van der Waals surface area (Å²) >= 11 is 8.14. The van der Waals surface area contributed by atoms with Crippen LogP contribution in [-0.4, -0.2) is 13.1 Å². The van der Waals surface area contributed by atoms with Gasteiger partial charge in [0.25, 0.3) is 0 Å². The first-order chi connectivity index (χ1) is 10.1. The molecule has 4 heteroatoms. The van der Waals surface area contributed by atoms with E-state index in [1.807, 2.05) is 30.3 Å². The average Bonchev–Trinajstić information content (AvgIpc) is 2.52. The zero-order valence-electron chi connectivity index (χ0n) is 11.8. The maximum absolute atomic E-state index is 11.7. The summed E-state index contributed by atoms with van der Waals surface area (Å²) in [5, 5.41) is 0.133. The van der Waals surface area contributed by atoms with E-state index in [4.69, 9.17) is 4.74 Å². The predicted octanol–water partition coefficient (Wildman–Crippen LogP) is 4.84. The van der Waals surface area contributed by atoms with Crippen molar-refractivity contribution in [3.8, 4) is 0 Å². The third kappa shape index (κ3) is 4.35. The van der Waals surface area contributed by atoms with E-state index in [1.54, 1.807) is 6.07 Å². The second-order valence-electron chi connectivity index (χ2n) is 4.76. The Morgan fingerprint density at radius 1 is 1.24 bits per heavy atom. The van der Waals surface area contributed by atoms with E-state index in [9.17, 15) is 4.79 Å². The Balaban J connectivity index is 2.08. The van der Waals surface area contributed by atoms with E-state index in [0.717, 1.165) is 22.9 Å². The molecule has 1 atom stereocenters. The van der Waals surface area contributed by atoms with Gasteiger partial charge in [-0.2, -0.15) is 12.6 Å². The van der Waals surface area contributed by atoms with Crippen molar-refractivity contribution in [3.63, 3.8) is 0 Å². The van der Waals surface area contributed by atoms with Crippen molar-refractivity contribution in [1.82, 2.24) is 0 Å². The Kier molecular flexibility index (Phi) is 5.88. The molecule has 0 fully saturated rings. The minimum absolute atomic E-state index is 0.133. The largest absolute Gasteiger partial charge is 0.465 e. The molecule has 0 bridgehead atoms. The van der Waals surface area contributed by atoms with Gasteiger partial charge in [-0.3, -0.25) is 0 Å². The van der Waals surface area contributed by atoms with Crippen molar-refractivity contribution in [3.05, 3.63) is 69.7 Å². The zero-order valence-corrected chi connectivity index (χ0v) is 14.2. The molecule has 0 spiro atoms. The van der Waals surface area contributed by atoms with Crippen molar-refractivity contribution < 1.29 is 9.53 Å². The maximum atomic E-state index is 11.7. The second kappa shape index (κ2) is 7.66. The number of hydrogen-bond acceptors (Lipinski definition) is 3. The van der Waals surface area contributed by atoms with E-state index in [0.29, 0.717) is 5.56 Å². The van der Waals surface area contributed by atoms with Gasteiger partial charge in [-0.25, -0.2) is 4.79 Å². The number of aryl methyl sites for hydroxylation is 1.